The maximum absolute atomic E-state index is 12.1. The fourth-order valence-electron chi connectivity index (χ4n) is 7.56. The van der Waals surface area contributed by atoms with E-state index in [0.29, 0.717) is 36.5 Å². The first kappa shape index (κ1) is 22.3. The second-order valence-corrected chi connectivity index (χ2v) is 10.6. The minimum atomic E-state index is -0.824. The van der Waals surface area contributed by atoms with Crippen LogP contribution in [0.2, 0.25) is 0 Å². The number of hydrogen-bond donors (Lipinski definition) is 0. The smallest absolute Gasteiger partial charge is 0.320 e. The molecule has 0 aromatic heterocycles. The lowest BCUT2D eigenvalue weighted by Crippen LogP contribution is -2.48. The van der Waals surface area contributed by atoms with Crippen LogP contribution in [-0.2, 0) is 23.9 Å². The van der Waals surface area contributed by atoms with E-state index in [0.717, 1.165) is 19.3 Å². The van der Waals surface area contributed by atoms with Crippen molar-refractivity contribution in [2.24, 2.45) is 40.4 Å². The second kappa shape index (κ2) is 8.22. The topological polar surface area (TPSA) is 69.7 Å². The summed E-state index contributed by atoms with van der Waals surface area (Å²) >= 11 is 0. The largest absolute Gasteiger partial charge is 0.468 e. The van der Waals surface area contributed by atoms with Gasteiger partial charge >= 0.3 is 11.9 Å². The molecule has 170 valence electrons. The van der Waals surface area contributed by atoms with E-state index in [9.17, 15) is 14.4 Å². The second-order valence-electron chi connectivity index (χ2n) is 10.6. The molecule has 5 heteroatoms. The number of rotatable bonds is 5. The van der Waals surface area contributed by atoms with Gasteiger partial charge in [-0.15, -0.1) is 0 Å². The van der Waals surface area contributed by atoms with Crippen LogP contribution in [0.25, 0.3) is 0 Å². The van der Waals surface area contributed by atoms with E-state index in [1.807, 2.05) is 6.08 Å². The molecule has 4 rings (SSSR count). The lowest BCUT2D eigenvalue weighted by Gasteiger charge is -2.56. The lowest BCUT2D eigenvalue weighted by atomic mass is 9.48. The van der Waals surface area contributed by atoms with Crippen molar-refractivity contribution in [3.8, 4) is 0 Å². The van der Waals surface area contributed by atoms with Crippen molar-refractivity contribution in [3.05, 3.63) is 23.8 Å². The van der Waals surface area contributed by atoms with Crippen LogP contribution in [0.1, 0.15) is 65.2 Å². The number of ether oxygens (including phenoxy) is 2. The molecule has 0 N–H and O–H groups in total. The van der Waals surface area contributed by atoms with Gasteiger partial charge in [0.05, 0.1) is 14.2 Å². The Labute approximate surface area is 185 Å². The minimum Gasteiger partial charge on any atom is -0.468 e. The number of methoxy groups -OCH3 is 2. The zero-order chi connectivity index (χ0) is 22.4. The Bertz CT molecular complexity index is 810. The van der Waals surface area contributed by atoms with E-state index in [2.05, 4.69) is 26.0 Å². The van der Waals surface area contributed by atoms with Gasteiger partial charge < -0.3 is 9.47 Å². The first-order chi connectivity index (χ1) is 14.7. The molecule has 0 aliphatic heterocycles. The van der Waals surface area contributed by atoms with Crippen molar-refractivity contribution < 1.29 is 23.9 Å². The van der Waals surface area contributed by atoms with Gasteiger partial charge in [-0.25, -0.2) is 0 Å². The number of carbonyl (C=O) groups excluding carboxylic acids is 3. The summed E-state index contributed by atoms with van der Waals surface area (Å²) in [5, 5.41) is 0. The highest BCUT2D eigenvalue weighted by Crippen LogP contribution is 2.65. The summed E-state index contributed by atoms with van der Waals surface area (Å²) in [5.41, 5.74) is 1.58. The van der Waals surface area contributed by atoms with E-state index in [1.54, 1.807) is 0 Å². The zero-order valence-corrected chi connectivity index (χ0v) is 19.3. The molecule has 0 spiro atoms. The molecule has 0 radical (unpaired) electrons. The van der Waals surface area contributed by atoms with Gasteiger partial charge in [-0.05, 0) is 91.1 Å². The number of esters is 2. The molecule has 5 unspecified atom stereocenters. The third-order valence-corrected chi connectivity index (χ3v) is 9.49. The van der Waals surface area contributed by atoms with E-state index in [4.69, 9.17) is 9.47 Å². The molecule has 0 aromatic carbocycles. The van der Waals surface area contributed by atoms with Gasteiger partial charge in [-0.2, -0.15) is 0 Å². The number of allylic oxidation sites excluding steroid dienone is 4. The molecule has 0 saturated heterocycles. The predicted molar refractivity (Wildman–Crippen MR) is 117 cm³/mol. The molecule has 5 nitrogen and oxygen atoms in total. The molecule has 0 heterocycles. The first-order valence-corrected chi connectivity index (χ1v) is 11.8. The van der Waals surface area contributed by atoms with Crippen LogP contribution in [0.5, 0.6) is 0 Å². The molecule has 2 fully saturated rings. The van der Waals surface area contributed by atoms with Crippen molar-refractivity contribution in [2.75, 3.05) is 14.2 Å². The van der Waals surface area contributed by atoms with E-state index in [-0.39, 0.29) is 16.6 Å². The highest BCUT2D eigenvalue weighted by Gasteiger charge is 2.57. The zero-order valence-electron chi connectivity index (χ0n) is 19.3. The van der Waals surface area contributed by atoms with Gasteiger partial charge in [0, 0.05) is 6.42 Å². The van der Waals surface area contributed by atoms with Crippen LogP contribution < -0.4 is 0 Å². The summed E-state index contributed by atoms with van der Waals surface area (Å²) in [6.45, 7) is 4.81. The van der Waals surface area contributed by atoms with Crippen molar-refractivity contribution in [1.82, 2.24) is 0 Å². The Balaban J connectivity index is 1.51. The molecule has 2 saturated carbocycles. The molecule has 0 bridgehead atoms. The van der Waals surface area contributed by atoms with Crippen LogP contribution in [0.3, 0.4) is 0 Å². The minimum absolute atomic E-state index is 0.119. The highest BCUT2D eigenvalue weighted by molar-refractivity contribution is 5.94. The Morgan fingerprint density at radius 2 is 1.77 bits per heavy atom. The van der Waals surface area contributed by atoms with Gasteiger partial charge in [-0.3, -0.25) is 14.4 Å². The Kier molecular flexibility index (Phi) is 5.91. The first-order valence-electron chi connectivity index (χ1n) is 11.8. The molecule has 0 amide bonds. The van der Waals surface area contributed by atoms with Gasteiger partial charge in [0.15, 0.2) is 11.7 Å². The van der Waals surface area contributed by atoms with Crippen LogP contribution in [0.15, 0.2) is 23.8 Å². The average molecular weight is 429 g/mol. The molecule has 31 heavy (non-hydrogen) atoms. The molecular formula is C26H36O5. The summed E-state index contributed by atoms with van der Waals surface area (Å²) in [6, 6.07) is 0. The van der Waals surface area contributed by atoms with Crippen molar-refractivity contribution >= 4 is 17.7 Å². The number of fused-ring (bicyclic) bond motifs is 5. The van der Waals surface area contributed by atoms with Gasteiger partial charge in [0.2, 0.25) is 0 Å². The van der Waals surface area contributed by atoms with Crippen molar-refractivity contribution in [1.29, 1.82) is 0 Å². The third kappa shape index (κ3) is 3.58. The molecular weight excluding hydrogens is 392 g/mol. The Hall–Kier alpha value is -1.91. The van der Waals surface area contributed by atoms with Crippen LogP contribution >= 0.6 is 0 Å². The summed E-state index contributed by atoms with van der Waals surface area (Å²) in [6.07, 6.45) is 14.2. The average Bonchev–Trinajstić information content (AvgIpc) is 3.10. The third-order valence-electron chi connectivity index (χ3n) is 9.49. The predicted octanol–water partition coefficient (Wildman–Crippen LogP) is 4.65. The van der Waals surface area contributed by atoms with E-state index >= 15 is 0 Å². The van der Waals surface area contributed by atoms with E-state index in [1.165, 1.54) is 39.1 Å². The quantitative estimate of drug-likeness (QED) is 0.471. The number of ketones is 1. The van der Waals surface area contributed by atoms with Crippen molar-refractivity contribution in [2.45, 2.75) is 65.2 Å². The summed E-state index contributed by atoms with van der Waals surface area (Å²) < 4.78 is 9.69. The summed E-state index contributed by atoms with van der Waals surface area (Å²) in [4.78, 5) is 36.2. The summed E-state index contributed by atoms with van der Waals surface area (Å²) in [7, 11) is 2.65. The van der Waals surface area contributed by atoms with Gasteiger partial charge in [-0.1, -0.05) is 26.0 Å². The maximum atomic E-state index is 12.1. The molecule has 0 aromatic rings. The standard InChI is InChI=1S/C26H36O5/c1-25-14-12-22-19(8-6-17-15-18(27)11-13-26(17,22)2)21(25)10-7-16(25)5-9-20(23(28)30-3)24(29)31-4/h6,8,15-16,19-22H,5,7,9-14H2,1-4H3/t16-,19?,21?,22?,25?,26?/m0/s1. The van der Waals surface area contributed by atoms with Crippen LogP contribution in [0.4, 0.5) is 0 Å². The molecule has 4 aliphatic rings. The Morgan fingerprint density at radius 1 is 1.06 bits per heavy atom. The van der Waals surface area contributed by atoms with E-state index < -0.39 is 17.9 Å². The number of carbonyl (C=O) groups is 3. The SMILES string of the molecule is COC(=O)C(CC[C@H]1CCC2C3C=CC4=CC(=O)CCC4(C)C3CCC21C)C(=O)OC. The van der Waals surface area contributed by atoms with Crippen LogP contribution in [-0.4, -0.2) is 31.9 Å². The summed E-state index contributed by atoms with van der Waals surface area (Å²) in [5.74, 6) is 0.731. The fraction of sp³-hybridized carbons (Fsp3) is 0.731. The maximum Gasteiger partial charge on any atom is 0.320 e. The highest BCUT2D eigenvalue weighted by atomic mass is 16.5. The molecule has 4 aliphatic carbocycles. The van der Waals surface area contributed by atoms with Crippen LogP contribution in [0, 0.1) is 40.4 Å². The van der Waals surface area contributed by atoms with Crippen molar-refractivity contribution in [3.63, 3.8) is 0 Å². The normalized spacial score (nSPS) is 38.7. The fourth-order valence-corrected chi connectivity index (χ4v) is 7.56. The van der Waals surface area contributed by atoms with Gasteiger partial charge in [0.1, 0.15) is 0 Å². The number of hydrogen-bond acceptors (Lipinski definition) is 5. The van der Waals surface area contributed by atoms with Gasteiger partial charge in [0.25, 0.3) is 0 Å². The lowest BCUT2D eigenvalue weighted by molar-refractivity contribution is -0.159. The Morgan fingerprint density at radius 3 is 2.45 bits per heavy atom. The molecule has 6 atom stereocenters. The monoisotopic (exact) mass is 428 g/mol.